The molecule has 1 N–H and O–H groups in total. The van der Waals surface area contributed by atoms with E-state index in [1.54, 1.807) is 0 Å². The maximum Gasteiger partial charge on any atom is 0.0217 e. The standard InChI is InChI=1S/C14H28N2/c1-16-11-7-6-10-14(16)12-15-13-8-4-2-3-5-9-13/h13-15H,2-12H2,1H3/t14-/m0/s1. The fourth-order valence-electron chi connectivity index (χ4n) is 3.19. The molecule has 1 atom stereocenters. The third kappa shape index (κ3) is 3.74. The predicted molar refractivity (Wildman–Crippen MR) is 69.8 cm³/mol. The highest BCUT2D eigenvalue weighted by molar-refractivity contribution is 4.79. The molecule has 16 heavy (non-hydrogen) atoms. The zero-order valence-electron chi connectivity index (χ0n) is 10.9. The number of nitrogens with zero attached hydrogens (tertiary/aromatic N) is 1. The molecule has 1 saturated heterocycles. The molecule has 1 aliphatic carbocycles. The summed E-state index contributed by atoms with van der Waals surface area (Å²) >= 11 is 0. The highest BCUT2D eigenvalue weighted by atomic mass is 15.2. The molecule has 0 unspecified atom stereocenters. The number of likely N-dealkylation sites (N-methyl/N-ethyl adjacent to an activating group) is 1. The van der Waals surface area contributed by atoms with Crippen molar-refractivity contribution in [3.05, 3.63) is 0 Å². The van der Waals surface area contributed by atoms with Gasteiger partial charge in [0.2, 0.25) is 0 Å². The van der Waals surface area contributed by atoms with Crippen molar-refractivity contribution in [1.29, 1.82) is 0 Å². The molecule has 2 aliphatic rings. The molecule has 1 saturated carbocycles. The van der Waals surface area contributed by atoms with Crippen molar-refractivity contribution in [2.45, 2.75) is 69.9 Å². The third-order valence-corrected chi connectivity index (χ3v) is 4.42. The molecular weight excluding hydrogens is 196 g/mol. The van der Waals surface area contributed by atoms with E-state index in [1.807, 2.05) is 0 Å². The Labute approximate surface area is 101 Å². The van der Waals surface area contributed by atoms with Crippen LogP contribution in [0.4, 0.5) is 0 Å². The monoisotopic (exact) mass is 224 g/mol. The fourth-order valence-corrected chi connectivity index (χ4v) is 3.19. The SMILES string of the molecule is CN1CCCC[C@H]1CNC1CCCCCC1. The maximum atomic E-state index is 3.82. The number of nitrogens with one attached hydrogen (secondary N) is 1. The first kappa shape index (κ1) is 12.4. The zero-order chi connectivity index (χ0) is 11.2. The quantitative estimate of drug-likeness (QED) is 0.742. The first-order valence-electron chi connectivity index (χ1n) is 7.30. The van der Waals surface area contributed by atoms with Crippen LogP contribution < -0.4 is 5.32 Å². The molecule has 2 nitrogen and oxygen atoms in total. The molecule has 2 heteroatoms. The van der Waals surface area contributed by atoms with Crippen LogP contribution in [0.5, 0.6) is 0 Å². The molecule has 2 rings (SSSR count). The van der Waals surface area contributed by atoms with Crippen LogP contribution in [0.15, 0.2) is 0 Å². The molecule has 1 heterocycles. The first-order valence-corrected chi connectivity index (χ1v) is 7.30. The minimum Gasteiger partial charge on any atom is -0.312 e. The second kappa shape index (κ2) is 6.61. The van der Waals surface area contributed by atoms with E-state index in [-0.39, 0.29) is 0 Å². The summed E-state index contributed by atoms with van der Waals surface area (Å²) in [6.45, 7) is 2.53. The zero-order valence-corrected chi connectivity index (χ0v) is 10.9. The van der Waals surface area contributed by atoms with Gasteiger partial charge in [-0.1, -0.05) is 32.1 Å². The van der Waals surface area contributed by atoms with Gasteiger partial charge < -0.3 is 10.2 Å². The van der Waals surface area contributed by atoms with Crippen molar-refractivity contribution in [3.8, 4) is 0 Å². The van der Waals surface area contributed by atoms with Gasteiger partial charge in [0.15, 0.2) is 0 Å². The molecule has 0 aromatic heterocycles. The van der Waals surface area contributed by atoms with E-state index in [1.165, 1.54) is 70.9 Å². The fraction of sp³-hybridized carbons (Fsp3) is 1.00. The minimum atomic E-state index is 0.803. The van der Waals surface area contributed by atoms with Crippen LogP contribution in [-0.2, 0) is 0 Å². The van der Waals surface area contributed by atoms with E-state index in [0.717, 1.165) is 12.1 Å². The van der Waals surface area contributed by atoms with Gasteiger partial charge >= 0.3 is 0 Å². The summed E-state index contributed by atoms with van der Waals surface area (Å²) in [5.74, 6) is 0. The smallest absolute Gasteiger partial charge is 0.0217 e. The van der Waals surface area contributed by atoms with E-state index in [0.29, 0.717) is 0 Å². The van der Waals surface area contributed by atoms with Gasteiger partial charge in [0.1, 0.15) is 0 Å². The first-order chi connectivity index (χ1) is 7.86. The van der Waals surface area contributed by atoms with Gasteiger partial charge in [-0.2, -0.15) is 0 Å². The Morgan fingerprint density at radius 3 is 2.31 bits per heavy atom. The summed E-state index contributed by atoms with van der Waals surface area (Å²) in [7, 11) is 2.29. The van der Waals surface area contributed by atoms with Gasteiger partial charge in [-0.3, -0.25) is 0 Å². The lowest BCUT2D eigenvalue weighted by Gasteiger charge is -2.33. The number of hydrogen-bond acceptors (Lipinski definition) is 2. The topological polar surface area (TPSA) is 15.3 Å². The van der Waals surface area contributed by atoms with Gasteiger partial charge in [0.25, 0.3) is 0 Å². The van der Waals surface area contributed by atoms with Crippen LogP contribution in [0.25, 0.3) is 0 Å². The highest BCUT2D eigenvalue weighted by Crippen LogP contribution is 2.18. The normalized spacial score (nSPS) is 30.2. The third-order valence-electron chi connectivity index (χ3n) is 4.42. The predicted octanol–water partition coefficient (Wildman–Crippen LogP) is 2.78. The summed E-state index contributed by atoms with van der Waals surface area (Å²) in [6, 6.07) is 1.62. The summed E-state index contributed by atoms with van der Waals surface area (Å²) in [5.41, 5.74) is 0. The van der Waals surface area contributed by atoms with E-state index < -0.39 is 0 Å². The van der Waals surface area contributed by atoms with E-state index in [4.69, 9.17) is 0 Å². The summed E-state index contributed by atoms with van der Waals surface area (Å²) in [4.78, 5) is 2.55. The van der Waals surface area contributed by atoms with Gasteiger partial charge in [0, 0.05) is 18.6 Å². The Morgan fingerprint density at radius 2 is 1.62 bits per heavy atom. The lowest BCUT2D eigenvalue weighted by atomic mass is 10.0. The van der Waals surface area contributed by atoms with Crippen molar-refractivity contribution < 1.29 is 0 Å². The van der Waals surface area contributed by atoms with Crippen LogP contribution in [-0.4, -0.2) is 37.1 Å². The van der Waals surface area contributed by atoms with Crippen molar-refractivity contribution in [2.75, 3.05) is 20.1 Å². The molecule has 0 aromatic rings. The number of likely N-dealkylation sites (tertiary alicyclic amines) is 1. The molecule has 0 spiro atoms. The average Bonchev–Trinajstić information content (AvgIpc) is 2.56. The summed E-state index contributed by atoms with van der Waals surface area (Å²) in [5, 5.41) is 3.82. The van der Waals surface area contributed by atoms with Crippen LogP contribution in [0, 0.1) is 0 Å². The van der Waals surface area contributed by atoms with Crippen LogP contribution in [0.2, 0.25) is 0 Å². The molecule has 0 bridgehead atoms. The Balaban J connectivity index is 1.68. The second-order valence-electron chi connectivity index (χ2n) is 5.73. The van der Waals surface area contributed by atoms with Crippen LogP contribution in [0.3, 0.4) is 0 Å². The Morgan fingerprint density at radius 1 is 0.938 bits per heavy atom. The van der Waals surface area contributed by atoms with Crippen LogP contribution >= 0.6 is 0 Å². The Bertz CT molecular complexity index is 185. The van der Waals surface area contributed by atoms with Crippen molar-refractivity contribution in [3.63, 3.8) is 0 Å². The van der Waals surface area contributed by atoms with Crippen molar-refractivity contribution in [2.24, 2.45) is 0 Å². The van der Waals surface area contributed by atoms with Crippen molar-refractivity contribution in [1.82, 2.24) is 10.2 Å². The molecule has 1 aliphatic heterocycles. The molecule has 2 fully saturated rings. The maximum absolute atomic E-state index is 3.82. The van der Waals surface area contributed by atoms with E-state index >= 15 is 0 Å². The molecule has 0 amide bonds. The van der Waals surface area contributed by atoms with Gasteiger partial charge in [-0.25, -0.2) is 0 Å². The summed E-state index contributed by atoms with van der Waals surface area (Å²) in [6.07, 6.45) is 12.9. The van der Waals surface area contributed by atoms with Gasteiger partial charge in [-0.15, -0.1) is 0 Å². The largest absolute Gasteiger partial charge is 0.312 e. The highest BCUT2D eigenvalue weighted by Gasteiger charge is 2.20. The number of hydrogen-bond donors (Lipinski definition) is 1. The summed E-state index contributed by atoms with van der Waals surface area (Å²) < 4.78 is 0. The Hall–Kier alpha value is -0.0800. The van der Waals surface area contributed by atoms with Gasteiger partial charge in [-0.05, 0) is 39.3 Å². The van der Waals surface area contributed by atoms with Crippen LogP contribution in [0.1, 0.15) is 57.8 Å². The molecular formula is C14H28N2. The number of piperidine rings is 1. The lowest BCUT2D eigenvalue weighted by molar-refractivity contribution is 0.176. The number of rotatable bonds is 3. The van der Waals surface area contributed by atoms with Crippen molar-refractivity contribution >= 4 is 0 Å². The molecule has 0 aromatic carbocycles. The molecule has 0 radical (unpaired) electrons. The Kier molecular flexibility index (Phi) is 5.11. The average molecular weight is 224 g/mol. The lowest BCUT2D eigenvalue weighted by Crippen LogP contribution is -2.45. The van der Waals surface area contributed by atoms with E-state index in [2.05, 4.69) is 17.3 Å². The second-order valence-corrected chi connectivity index (χ2v) is 5.73. The van der Waals surface area contributed by atoms with E-state index in [9.17, 15) is 0 Å². The minimum absolute atomic E-state index is 0.803. The molecule has 94 valence electrons. The van der Waals surface area contributed by atoms with Gasteiger partial charge in [0.05, 0.1) is 0 Å².